The van der Waals surface area contributed by atoms with E-state index in [4.69, 9.17) is 23.2 Å². The lowest BCUT2D eigenvalue weighted by atomic mass is 10.0. The highest BCUT2D eigenvalue weighted by molar-refractivity contribution is 7.93. The number of hydrogen-bond donors (Lipinski definition) is 1. The number of carbonyl (C=O) groups is 1. The highest BCUT2D eigenvalue weighted by Gasteiger charge is 2.35. The molecule has 0 unspecified atom stereocenters. The van der Waals surface area contributed by atoms with Crippen LogP contribution in [0.25, 0.3) is 11.1 Å². The lowest BCUT2D eigenvalue weighted by Gasteiger charge is -2.31. The lowest BCUT2D eigenvalue weighted by Crippen LogP contribution is -2.42. The van der Waals surface area contributed by atoms with Crippen LogP contribution in [0.1, 0.15) is 11.1 Å². The third-order valence-electron chi connectivity index (χ3n) is 4.94. The molecule has 0 fully saturated rings. The van der Waals surface area contributed by atoms with Gasteiger partial charge in [0.2, 0.25) is 5.91 Å². The number of benzene rings is 3. The number of nitrogens with one attached hydrogen (secondary N) is 1. The van der Waals surface area contributed by atoms with Crippen LogP contribution in [0.5, 0.6) is 0 Å². The van der Waals surface area contributed by atoms with Gasteiger partial charge >= 0.3 is 0 Å². The number of rotatable bonds is 4. The van der Waals surface area contributed by atoms with Crippen molar-refractivity contribution < 1.29 is 13.2 Å². The largest absolute Gasteiger partial charge is 0.350 e. The van der Waals surface area contributed by atoms with E-state index in [0.29, 0.717) is 26.9 Å². The third-order valence-corrected chi connectivity index (χ3v) is 7.35. The normalized spacial score (nSPS) is 14.0. The van der Waals surface area contributed by atoms with Gasteiger partial charge in [0.25, 0.3) is 10.0 Å². The summed E-state index contributed by atoms with van der Waals surface area (Å²) in [5, 5.41) is 3.67. The maximum absolute atomic E-state index is 13.3. The summed E-state index contributed by atoms with van der Waals surface area (Å²) in [7, 11) is -3.87. The predicted molar refractivity (Wildman–Crippen MR) is 119 cm³/mol. The molecule has 1 heterocycles. The number of amides is 1. The summed E-state index contributed by atoms with van der Waals surface area (Å²) in [4.78, 5) is 12.8. The van der Waals surface area contributed by atoms with Crippen LogP contribution < -0.4 is 9.62 Å². The molecule has 0 saturated heterocycles. The molecule has 0 atom stereocenters. The van der Waals surface area contributed by atoms with E-state index in [0.717, 1.165) is 15.4 Å². The van der Waals surface area contributed by atoms with Crippen LogP contribution in [0.4, 0.5) is 5.69 Å². The van der Waals surface area contributed by atoms with Gasteiger partial charge in [-0.1, -0.05) is 59.1 Å². The third kappa shape index (κ3) is 3.78. The molecule has 0 bridgehead atoms. The van der Waals surface area contributed by atoms with Gasteiger partial charge in [0.05, 0.1) is 10.6 Å². The summed E-state index contributed by atoms with van der Waals surface area (Å²) in [6.07, 6.45) is 0. The van der Waals surface area contributed by atoms with Gasteiger partial charge in [-0.05, 0) is 42.8 Å². The zero-order valence-electron chi connectivity index (χ0n) is 16.0. The number of fused-ring (bicyclic) bond motifs is 3. The molecule has 0 saturated carbocycles. The van der Waals surface area contributed by atoms with Gasteiger partial charge in [0.15, 0.2) is 0 Å². The molecule has 0 spiro atoms. The fourth-order valence-corrected chi connectivity index (χ4v) is 5.59. The highest BCUT2D eigenvalue weighted by Crippen LogP contribution is 2.43. The van der Waals surface area contributed by atoms with Gasteiger partial charge in [-0.15, -0.1) is 0 Å². The molecule has 3 aromatic carbocycles. The van der Waals surface area contributed by atoms with Gasteiger partial charge in [-0.2, -0.15) is 0 Å². The smallest absolute Gasteiger partial charge is 0.265 e. The fraction of sp³-hybridized carbons (Fsp3) is 0.136. The molecule has 1 amide bonds. The van der Waals surface area contributed by atoms with Gasteiger partial charge in [-0.3, -0.25) is 9.10 Å². The van der Waals surface area contributed by atoms with Crippen LogP contribution in [0.15, 0.2) is 65.6 Å². The van der Waals surface area contributed by atoms with E-state index in [9.17, 15) is 13.2 Å². The van der Waals surface area contributed by atoms with Crippen molar-refractivity contribution in [3.8, 4) is 11.1 Å². The Morgan fingerprint density at radius 3 is 2.53 bits per heavy atom. The summed E-state index contributed by atoms with van der Waals surface area (Å²) in [6, 6.07) is 17.3. The topological polar surface area (TPSA) is 66.5 Å². The van der Waals surface area contributed by atoms with Crippen LogP contribution in [-0.2, 0) is 21.4 Å². The van der Waals surface area contributed by atoms with E-state index >= 15 is 0 Å². The lowest BCUT2D eigenvalue weighted by molar-refractivity contribution is -0.119. The van der Waals surface area contributed by atoms with E-state index in [1.54, 1.807) is 48.5 Å². The SMILES string of the molecule is Cc1ccc2c(c1)-c1ccccc1S(=O)(=O)N2CC(=O)NCc1ccc(Cl)cc1Cl. The van der Waals surface area contributed by atoms with Crippen molar-refractivity contribution in [2.75, 3.05) is 10.8 Å². The standard InChI is InChI=1S/C22H18Cl2N2O3S/c1-14-6-9-20-18(10-14)17-4-2-3-5-21(17)30(28,29)26(20)13-22(27)25-12-15-7-8-16(23)11-19(15)24/h2-11H,12-13H2,1H3,(H,25,27). The number of nitrogens with zero attached hydrogens (tertiary/aromatic N) is 1. The molecular weight excluding hydrogens is 443 g/mol. The minimum atomic E-state index is -3.87. The number of halogens is 2. The molecule has 0 aliphatic carbocycles. The zero-order chi connectivity index (χ0) is 21.5. The van der Waals surface area contributed by atoms with Gasteiger partial charge in [0, 0.05) is 27.7 Å². The maximum atomic E-state index is 13.3. The highest BCUT2D eigenvalue weighted by atomic mass is 35.5. The first kappa shape index (κ1) is 20.7. The Morgan fingerprint density at radius 1 is 1.00 bits per heavy atom. The molecule has 0 radical (unpaired) electrons. The van der Waals surface area contributed by atoms with Gasteiger partial charge < -0.3 is 5.32 Å². The molecule has 1 aliphatic rings. The second-order valence-corrected chi connectivity index (χ2v) is 9.72. The minimum Gasteiger partial charge on any atom is -0.350 e. The molecule has 8 heteroatoms. The van der Waals surface area contributed by atoms with E-state index in [-0.39, 0.29) is 18.0 Å². The van der Waals surface area contributed by atoms with Crippen LogP contribution in [0.2, 0.25) is 10.0 Å². The average Bonchev–Trinajstić information content (AvgIpc) is 2.71. The number of carbonyl (C=O) groups excluding carboxylic acids is 1. The van der Waals surface area contributed by atoms with Crippen molar-refractivity contribution in [2.24, 2.45) is 0 Å². The van der Waals surface area contributed by atoms with Crippen molar-refractivity contribution in [3.63, 3.8) is 0 Å². The van der Waals surface area contributed by atoms with Crippen LogP contribution >= 0.6 is 23.2 Å². The summed E-state index contributed by atoms with van der Waals surface area (Å²) in [6.45, 7) is 1.77. The monoisotopic (exact) mass is 460 g/mol. The fourth-order valence-electron chi connectivity index (χ4n) is 3.46. The van der Waals surface area contributed by atoms with Crippen molar-refractivity contribution in [1.29, 1.82) is 0 Å². The van der Waals surface area contributed by atoms with Crippen molar-refractivity contribution in [2.45, 2.75) is 18.4 Å². The van der Waals surface area contributed by atoms with Crippen molar-refractivity contribution in [1.82, 2.24) is 5.32 Å². The molecule has 30 heavy (non-hydrogen) atoms. The van der Waals surface area contributed by atoms with E-state index in [1.807, 2.05) is 19.1 Å². The van der Waals surface area contributed by atoms with E-state index in [2.05, 4.69) is 5.32 Å². The quantitative estimate of drug-likeness (QED) is 0.608. The molecule has 4 rings (SSSR count). The Bertz CT molecular complexity index is 1260. The summed E-state index contributed by atoms with van der Waals surface area (Å²) >= 11 is 12.0. The maximum Gasteiger partial charge on any atom is 0.265 e. The first-order valence-corrected chi connectivity index (χ1v) is 11.4. The molecule has 1 aliphatic heterocycles. The zero-order valence-corrected chi connectivity index (χ0v) is 18.4. The molecule has 154 valence electrons. The number of anilines is 1. The average molecular weight is 461 g/mol. The minimum absolute atomic E-state index is 0.167. The van der Waals surface area contributed by atoms with Crippen LogP contribution in [0.3, 0.4) is 0 Å². The van der Waals surface area contributed by atoms with Crippen LogP contribution in [-0.4, -0.2) is 20.9 Å². The Labute approximate surface area is 185 Å². The molecule has 0 aromatic heterocycles. The summed E-state index contributed by atoms with van der Waals surface area (Å²) in [5.41, 5.74) is 3.61. The Hall–Kier alpha value is -2.54. The van der Waals surface area contributed by atoms with Crippen molar-refractivity contribution >= 4 is 44.8 Å². The Balaban J connectivity index is 1.63. The molecule has 1 N–H and O–H groups in total. The number of sulfonamides is 1. The van der Waals surface area contributed by atoms with E-state index < -0.39 is 15.9 Å². The van der Waals surface area contributed by atoms with Gasteiger partial charge in [-0.25, -0.2) is 8.42 Å². The first-order chi connectivity index (χ1) is 14.3. The Kier molecular flexibility index (Phi) is 5.49. The first-order valence-electron chi connectivity index (χ1n) is 9.21. The van der Waals surface area contributed by atoms with Crippen LogP contribution in [0, 0.1) is 6.92 Å². The molecule has 3 aromatic rings. The van der Waals surface area contributed by atoms with Crippen molar-refractivity contribution in [3.05, 3.63) is 81.8 Å². The van der Waals surface area contributed by atoms with E-state index in [1.165, 1.54) is 0 Å². The predicted octanol–water partition coefficient (Wildman–Crippen LogP) is 4.79. The second kappa shape index (κ2) is 7.95. The summed E-state index contributed by atoms with van der Waals surface area (Å²) < 4.78 is 27.7. The molecular formula is C22H18Cl2N2O3S. The molecule has 5 nitrogen and oxygen atoms in total. The number of aryl methyl sites for hydroxylation is 1. The number of hydrogen-bond acceptors (Lipinski definition) is 3. The summed E-state index contributed by atoms with van der Waals surface area (Å²) in [5.74, 6) is -0.435. The Morgan fingerprint density at radius 2 is 1.77 bits per heavy atom. The second-order valence-electron chi connectivity index (χ2n) is 7.04. The van der Waals surface area contributed by atoms with Gasteiger partial charge in [0.1, 0.15) is 6.54 Å².